The van der Waals surface area contributed by atoms with E-state index in [0.717, 1.165) is 4.31 Å². The highest BCUT2D eigenvalue weighted by Crippen LogP contribution is 2.20. The predicted octanol–water partition coefficient (Wildman–Crippen LogP) is 1.61. The Balaban J connectivity index is 3.00. The third kappa shape index (κ3) is 3.92. The van der Waals surface area contributed by atoms with Gasteiger partial charge >= 0.3 is 5.97 Å². The maximum absolute atomic E-state index is 12.3. The van der Waals surface area contributed by atoms with Crippen molar-refractivity contribution in [3.05, 3.63) is 29.8 Å². The quantitative estimate of drug-likeness (QED) is 0.591. The fourth-order valence-corrected chi connectivity index (χ4v) is 3.15. The van der Waals surface area contributed by atoms with Gasteiger partial charge in [0.15, 0.2) is 0 Å². The number of halogens is 1. The van der Waals surface area contributed by atoms with Crippen molar-refractivity contribution < 1.29 is 17.9 Å². The monoisotopic (exact) mass is 305 g/mol. The molecule has 5 nitrogen and oxygen atoms in total. The Kier molecular flexibility index (Phi) is 5.78. The summed E-state index contributed by atoms with van der Waals surface area (Å²) in [4.78, 5) is 11.4. The van der Waals surface area contributed by atoms with Crippen molar-refractivity contribution >= 4 is 27.6 Å². The van der Waals surface area contributed by atoms with Crippen molar-refractivity contribution in [2.75, 3.05) is 20.2 Å². The Morgan fingerprint density at radius 2 is 2.00 bits per heavy atom. The molecule has 0 heterocycles. The highest BCUT2D eigenvalue weighted by Gasteiger charge is 2.25. The maximum Gasteiger partial charge on any atom is 0.321 e. The summed E-state index contributed by atoms with van der Waals surface area (Å²) in [6.07, 6.45) is 0. The summed E-state index contributed by atoms with van der Waals surface area (Å²) >= 11 is 5.72. The van der Waals surface area contributed by atoms with Crippen molar-refractivity contribution in [3.8, 4) is 0 Å². The Labute approximate surface area is 118 Å². The molecule has 19 heavy (non-hydrogen) atoms. The Morgan fingerprint density at radius 3 is 2.58 bits per heavy atom. The Hall–Kier alpha value is -1.11. The fraction of sp³-hybridized carbons (Fsp3) is 0.417. The molecule has 0 radical (unpaired) electrons. The van der Waals surface area contributed by atoms with Crippen LogP contribution in [0.5, 0.6) is 0 Å². The molecule has 0 N–H and O–H groups in total. The van der Waals surface area contributed by atoms with Gasteiger partial charge in [0, 0.05) is 12.9 Å². The average molecular weight is 306 g/mol. The molecule has 0 aliphatic rings. The number of carbonyl (C=O) groups excluding carboxylic acids is 1. The molecule has 0 aliphatic carbocycles. The number of benzene rings is 1. The van der Waals surface area contributed by atoms with Crippen molar-refractivity contribution in [3.63, 3.8) is 0 Å². The molecule has 106 valence electrons. The summed E-state index contributed by atoms with van der Waals surface area (Å²) in [5, 5.41) is 0. The summed E-state index contributed by atoms with van der Waals surface area (Å²) in [5.74, 6) is -0.500. The first-order valence-electron chi connectivity index (χ1n) is 5.69. The molecule has 0 unspecified atom stereocenters. The lowest BCUT2D eigenvalue weighted by molar-refractivity contribution is -0.143. The van der Waals surface area contributed by atoms with Crippen LogP contribution in [0.25, 0.3) is 0 Å². The standard InChI is InChI=1S/C12H16ClNO4S/c1-3-18-12(15)9-14(2)19(16,17)11-7-5-4-6-10(11)8-13/h4-7H,3,8-9H2,1-2H3. The summed E-state index contributed by atoms with van der Waals surface area (Å²) in [5.41, 5.74) is 0.500. The minimum atomic E-state index is -3.75. The van der Waals surface area contributed by atoms with Gasteiger partial charge in [-0.25, -0.2) is 8.42 Å². The SMILES string of the molecule is CCOC(=O)CN(C)S(=O)(=O)c1ccccc1CCl. The van der Waals surface area contributed by atoms with Crippen molar-refractivity contribution in [2.45, 2.75) is 17.7 Å². The zero-order chi connectivity index (χ0) is 14.5. The van der Waals surface area contributed by atoms with Crippen LogP contribution in [0, 0.1) is 0 Å². The lowest BCUT2D eigenvalue weighted by Crippen LogP contribution is -2.33. The van der Waals surface area contributed by atoms with Crippen LogP contribution in [0.1, 0.15) is 12.5 Å². The van der Waals surface area contributed by atoms with Crippen LogP contribution in [0.2, 0.25) is 0 Å². The minimum absolute atomic E-state index is 0.0860. The number of alkyl halides is 1. The van der Waals surface area contributed by atoms with Crippen molar-refractivity contribution in [1.82, 2.24) is 4.31 Å². The highest BCUT2D eigenvalue weighted by molar-refractivity contribution is 7.89. The smallest absolute Gasteiger partial charge is 0.321 e. The molecule has 0 saturated heterocycles. The van der Waals surface area contributed by atoms with E-state index in [2.05, 4.69) is 0 Å². The third-order valence-corrected chi connectivity index (χ3v) is 4.65. The minimum Gasteiger partial charge on any atom is -0.465 e. The van der Waals surface area contributed by atoms with E-state index in [-0.39, 0.29) is 23.9 Å². The number of sulfonamides is 1. The normalized spacial score (nSPS) is 11.6. The Bertz CT molecular complexity index is 544. The van der Waals surface area contributed by atoms with Crippen molar-refractivity contribution in [1.29, 1.82) is 0 Å². The van der Waals surface area contributed by atoms with Gasteiger partial charge in [-0.05, 0) is 18.6 Å². The van der Waals surface area contributed by atoms with Crippen LogP contribution in [0.4, 0.5) is 0 Å². The molecular formula is C12H16ClNO4S. The van der Waals surface area contributed by atoms with Crippen LogP contribution in [0.15, 0.2) is 29.2 Å². The number of ether oxygens (including phenoxy) is 1. The van der Waals surface area contributed by atoms with E-state index in [1.54, 1.807) is 25.1 Å². The van der Waals surface area contributed by atoms with Gasteiger partial charge in [0.25, 0.3) is 0 Å². The molecule has 0 aliphatic heterocycles. The molecule has 7 heteroatoms. The molecule has 0 bridgehead atoms. The van der Waals surface area contributed by atoms with Gasteiger partial charge in [0.05, 0.1) is 11.5 Å². The molecular weight excluding hydrogens is 290 g/mol. The molecule has 0 saturated carbocycles. The number of hydrogen-bond acceptors (Lipinski definition) is 4. The zero-order valence-electron chi connectivity index (χ0n) is 10.8. The number of rotatable bonds is 6. The Morgan fingerprint density at radius 1 is 1.37 bits per heavy atom. The second kappa shape index (κ2) is 6.88. The topological polar surface area (TPSA) is 63.7 Å². The van der Waals surface area contributed by atoms with E-state index >= 15 is 0 Å². The number of esters is 1. The summed E-state index contributed by atoms with van der Waals surface area (Å²) in [7, 11) is -2.42. The molecule has 1 rings (SSSR count). The second-order valence-electron chi connectivity index (χ2n) is 3.81. The molecule has 0 amide bonds. The number of hydrogen-bond donors (Lipinski definition) is 0. The number of likely N-dealkylation sites (N-methyl/N-ethyl adjacent to an activating group) is 1. The van der Waals surface area contributed by atoms with E-state index in [1.165, 1.54) is 13.1 Å². The first kappa shape index (κ1) is 15.9. The van der Waals surface area contributed by atoms with Crippen LogP contribution in [-0.4, -0.2) is 38.9 Å². The predicted molar refractivity (Wildman–Crippen MR) is 72.4 cm³/mol. The van der Waals surface area contributed by atoms with E-state index < -0.39 is 16.0 Å². The van der Waals surface area contributed by atoms with Gasteiger partial charge in [-0.2, -0.15) is 4.31 Å². The average Bonchev–Trinajstić information content (AvgIpc) is 2.38. The van der Waals surface area contributed by atoms with Gasteiger partial charge in [0.1, 0.15) is 6.54 Å². The van der Waals surface area contributed by atoms with Crippen molar-refractivity contribution in [2.24, 2.45) is 0 Å². The summed E-state index contributed by atoms with van der Waals surface area (Å²) < 4.78 is 30.3. The largest absolute Gasteiger partial charge is 0.465 e. The van der Waals surface area contributed by atoms with Gasteiger partial charge in [-0.15, -0.1) is 11.6 Å². The zero-order valence-corrected chi connectivity index (χ0v) is 12.4. The fourth-order valence-electron chi connectivity index (χ4n) is 1.51. The van der Waals surface area contributed by atoms with E-state index in [9.17, 15) is 13.2 Å². The number of nitrogens with zero attached hydrogens (tertiary/aromatic N) is 1. The van der Waals surface area contributed by atoms with E-state index in [0.29, 0.717) is 5.56 Å². The molecule has 0 atom stereocenters. The molecule has 1 aromatic carbocycles. The van der Waals surface area contributed by atoms with Crippen LogP contribution >= 0.6 is 11.6 Å². The molecule has 0 aromatic heterocycles. The maximum atomic E-state index is 12.3. The summed E-state index contributed by atoms with van der Waals surface area (Å²) in [6, 6.07) is 6.43. The van der Waals surface area contributed by atoms with Crippen LogP contribution in [0.3, 0.4) is 0 Å². The highest BCUT2D eigenvalue weighted by atomic mass is 35.5. The first-order valence-corrected chi connectivity index (χ1v) is 7.66. The van der Waals surface area contributed by atoms with E-state index in [1.807, 2.05) is 0 Å². The van der Waals surface area contributed by atoms with Gasteiger partial charge in [-0.1, -0.05) is 18.2 Å². The molecule has 1 aromatic rings. The van der Waals surface area contributed by atoms with Crippen LogP contribution < -0.4 is 0 Å². The first-order chi connectivity index (χ1) is 8.93. The van der Waals surface area contributed by atoms with Gasteiger partial charge in [-0.3, -0.25) is 4.79 Å². The lowest BCUT2D eigenvalue weighted by atomic mass is 10.2. The molecule has 0 fully saturated rings. The molecule has 0 spiro atoms. The summed E-state index contributed by atoms with van der Waals surface area (Å²) in [6.45, 7) is 1.55. The van der Waals surface area contributed by atoms with Gasteiger partial charge < -0.3 is 4.74 Å². The third-order valence-electron chi connectivity index (χ3n) is 2.46. The van der Waals surface area contributed by atoms with E-state index in [4.69, 9.17) is 16.3 Å². The van der Waals surface area contributed by atoms with Gasteiger partial charge in [0.2, 0.25) is 10.0 Å². The lowest BCUT2D eigenvalue weighted by Gasteiger charge is -2.17. The van der Waals surface area contributed by atoms with Crippen LogP contribution in [-0.2, 0) is 25.4 Å². The second-order valence-corrected chi connectivity index (χ2v) is 6.09. The number of carbonyl (C=O) groups is 1.